The van der Waals surface area contributed by atoms with E-state index in [9.17, 15) is 4.79 Å². The largest absolute Gasteiger partial charge is 0.451 e. The molecule has 5 heteroatoms. The van der Waals surface area contributed by atoms with Crippen molar-refractivity contribution in [2.45, 2.75) is 6.92 Å². The van der Waals surface area contributed by atoms with Crippen molar-refractivity contribution in [3.05, 3.63) is 95.6 Å². The number of carbonyl (C=O) groups excluding carboxylic acids is 1. The van der Waals surface area contributed by atoms with Gasteiger partial charge in [-0.05, 0) is 24.1 Å². The van der Waals surface area contributed by atoms with E-state index in [1.165, 1.54) is 16.9 Å². The number of rotatable bonds is 4. The molecule has 0 atom stereocenters. The molecular formula is C25H18N2O2S. The van der Waals surface area contributed by atoms with Crippen molar-refractivity contribution in [2.24, 2.45) is 0 Å². The van der Waals surface area contributed by atoms with Crippen molar-refractivity contribution in [2.75, 3.05) is 5.32 Å². The van der Waals surface area contributed by atoms with Gasteiger partial charge in [-0.25, -0.2) is 4.98 Å². The number of furan rings is 1. The fourth-order valence-corrected chi connectivity index (χ4v) is 4.19. The average Bonchev–Trinajstić information content (AvgIpc) is 3.39. The van der Waals surface area contributed by atoms with Crippen molar-refractivity contribution in [3.8, 4) is 22.4 Å². The van der Waals surface area contributed by atoms with Crippen molar-refractivity contribution >= 4 is 33.3 Å². The molecule has 0 aliphatic carbocycles. The number of amides is 1. The molecule has 0 unspecified atom stereocenters. The van der Waals surface area contributed by atoms with Gasteiger partial charge in [0, 0.05) is 21.9 Å². The lowest BCUT2D eigenvalue weighted by Crippen LogP contribution is -2.11. The third-order valence-corrected chi connectivity index (χ3v) is 5.82. The molecule has 2 heterocycles. The highest BCUT2D eigenvalue weighted by Gasteiger charge is 2.18. The molecule has 0 radical (unpaired) electrons. The molecule has 0 saturated heterocycles. The first kappa shape index (κ1) is 18.3. The maximum Gasteiger partial charge on any atom is 0.293 e. The van der Waals surface area contributed by atoms with E-state index in [0.717, 1.165) is 27.8 Å². The summed E-state index contributed by atoms with van der Waals surface area (Å²) < 4.78 is 5.74. The second-order valence-electron chi connectivity index (χ2n) is 6.99. The van der Waals surface area contributed by atoms with Crippen LogP contribution in [0.1, 0.15) is 16.1 Å². The molecule has 0 fully saturated rings. The Kier molecular flexibility index (Phi) is 4.65. The molecule has 3 aromatic carbocycles. The molecule has 2 aromatic heterocycles. The normalized spacial score (nSPS) is 11.0. The lowest BCUT2D eigenvalue weighted by molar-refractivity contribution is 0.0998. The highest BCUT2D eigenvalue weighted by molar-refractivity contribution is 7.14. The summed E-state index contributed by atoms with van der Waals surface area (Å²) in [5.41, 5.74) is 5.71. The van der Waals surface area contributed by atoms with Gasteiger partial charge in [-0.1, -0.05) is 72.8 Å². The zero-order valence-corrected chi connectivity index (χ0v) is 17.1. The number of nitrogens with one attached hydrogen (secondary N) is 1. The summed E-state index contributed by atoms with van der Waals surface area (Å²) in [7, 11) is 0. The van der Waals surface area contributed by atoms with Gasteiger partial charge < -0.3 is 4.42 Å². The van der Waals surface area contributed by atoms with Crippen LogP contribution < -0.4 is 5.32 Å². The van der Waals surface area contributed by atoms with E-state index < -0.39 is 0 Å². The van der Waals surface area contributed by atoms with E-state index in [1.807, 2.05) is 66.9 Å². The van der Waals surface area contributed by atoms with Crippen LogP contribution in [-0.2, 0) is 0 Å². The fraction of sp³-hybridized carbons (Fsp3) is 0.0400. The Balaban J connectivity index is 1.35. The minimum absolute atomic E-state index is 0.288. The number of aryl methyl sites for hydroxylation is 1. The van der Waals surface area contributed by atoms with E-state index in [-0.39, 0.29) is 5.91 Å². The number of nitrogens with zero attached hydrogens (tertiary/aromatic N) is 1. The molecular weight excluding hydrogens is 392 g/mol. The Hall–Kier alpha value is -3.70. The third-order valence-electron chi connectivity index (χ3n) is 5.06. The monoisotopic (exact) mass is 410 g/mol. The summed E-state index contributed by atoms with van der Waals surface area (Å²) >= 11 is 1.40. The quantitative estimate of drug-likeness (QED) is 0.355. The summed E-state index contributed by atoms with van der Waals surface area (Å²) in [6, 6.07) is 26.1. The molecule has 4 nitrogen and oxygen atoms in total. The lowest BCUT2D eigenvalue weighted by Gasteiger charge is -2.03. The maximum atomic E-state index is 12.7. The van der Waals surface area contributed by atoms with Gasteiger partial charge in [0.15, 0.2) is 10.9 Å². The van der Waals surface area contributed by atoms with E-state index in [1.54, 1.807) is 0 Å². The Labute approximate surface area is 177 Å². The van der Waals surface area contributed by atoms with Gasteiger partial charge >= 0.3 is 0 Å². The zero-order chi connectivity index (χ0) is 20.5. The van der Waals surface area contributed by atoms with Crippen LogP contribution in [-0.4, -0.2) is 10.9 Å². The molecule has 0 aliphatic rings. The van der Waals surface area contributed by atoms with Crippen LogP contribution in [0.3, 0.4) is 0 Å². The van der Waals surface area contributed by atoms with Crippen LogP contribution in [0.2, 0.25) is 0 Å². The first-order valence-corrected chi connectivity index (χ1v) is 10.5. The zero-order valence-electron chi connectivity index (χ0n) is 16.3. The number of hydrogen-bond acceptors (Lipinski definition) is 4. The predicted molar refractivity (Wildman–Crippen MR) is 122 cm³/mol. The van der Waals surface area contributed by atoms with Gasteiger partial charge in [-0.2, -0.15) is 0 Å². The second-order valence-corrected chi connectivity index (χ2v) is 7.85. The number of para-hydroxylation sites is 1. The topological polar surface area (TPSA) is 55.1 Å². The molecule has 0 bridgehead atoms. The van der Waals surface area contributed by atoms with Gasteiger partial charge in [0.1, 0.15) is 5.58 Å². The van der Waals surface area contributed by atoms with Crippen LogP contribution in [0, 0.1) is 6.92 Å². The van der Waals surface area contributed by atoms with Crippen molar-refractivity contribution in [1.29, 1.82) is 0 Å². The Morgan fingerprint density at radius 3 is 2.30 bits per heavy atom. The van der Waals surface area contributed by atoms with Crippen molar-refractivity contribution < 1.29 is 9.21 Å². The van der Waals surface area contributed by atoms with Gasteiger partial charge in [0.2, 0.25) is 0 Å². The highest BCUT2D eigenvalue weighted by atomic mass is 32.1. The lowest BCUT2D eigenvalue weighted by atomic mass is 10.0. The van der Waals surface area contributed by atoms with Crippen molar-refractivity contribution in [3.63, 3.8) is 0 Å². The number of benzene rings is 3. The van der Waals surface area contributed by atoms with Crippen LogP contribution in [0.15, 0.2) is 88.7 Å². The van der Waals surface area contributed by atoms with E-state index in [2.05, 4.69) is 34.6 Å². The summed E-state index contributed by atoms with van der Waals surface area (Å²) in [5, 5.41) is 6.29. The number of carbonyl (C=O) groups is 1. The number of anilines is 1. The molecule has 5 rings (SSSR count). The van der Waals surface area contributed by atoms with Gasteiger partial charge in [0.25, 0.3) is 5.91 Å². The molecule has 5 aromatic rings. The minimum Gasteiger partial charge on any atom is -0.451 e. The molecule has 30 heavy (non-hydrogen) atoms. The number of fused-ring (bicyclic) bond motifs is 1. The average molecular weight is 410 g/mol. The molecule has 0 saturated carbocycles. The summed E-state index contributed by atoms with van der Waals surface area (Å²) in [6.45, 7) is 1.89. The number of hydrogen-bond donors (Lipinski definition) is 1. The van der Waals surface area contributed by atoms with Crippen LogP contribution in [0.25, 0.3) is 33.4 Å². The minimum atomic E-state index is -0.288. The number of thiazole rings is 1. The van der Waals surface area contributed by atoms with Crippen molar-refractivity contribution in [1.82, 2.24) is 4.98 Å². The Morgan fingerprint density at radius 2 is 1.53 bits per heavy atom. The first-order valence-electron chi connectivity index (χ1n) is 9.60. The van der Waals surface area contributed by atoms with Gasteiger partial charge in [0.05, 0.1) is 5.69 Å². The summed E-state index contributed by atoms with van der Waals surface area (Å²) in [6.07, 6.45) is 0. The third kappa shape index (κ3) is 3.40. The molecule has 1 amide bonds. The Morgan fingerprint density at radius 1 is 0.867 bits per heavy atom. The molecule has 146 valence electrons. The predicted octanol–water partition coefficient (Wildman–Crippen LogP) is 6.78. The van der Waals surface area contributed by atoms with E-state index in [4.69, 9.17) is 4.42 Å². The smallest absolute Gasteiger partial charge is 0.293 e. The second kappa shape index (κ2) is 7.61. The molecule has 1 N–H and O–H groups in total. The van der Waals surface area contributed by atoms with Gasteiger partial charge in [-0.15, -0.1) is 11.3 Å². The van der Waals surface area contributed by atoms with Crippen LogP contribution in [0.4, 0.5) is 5.13 Å². The van der Waals surface area contributed by atoms with E-state index in [0.29, 0.717) is 16.5 Å². The maximum absolute atomic E-state index is 12.7. The number of aromatic nitrogens is 1. The van der Waals surface area contributed by atoms with E-state index >= 15 is 0 Å². The summed E-state index contributed by atoms with van der Waals surface area (Å²) in [4.78, 5) is 17.3. The molecule has 0 spiro atoms. The summed E-state index contributed by atoms with van der Waals surface area (Å²) in [5.74, 6) is 0.0317. The van der Waals surface area contributed by atoms with Gasteiger partial charge in [-0.3, -0.25) is 10.1 Å². The SMILES string of the molecule is Cc1c(C(=O)Nc2nc(-c3ccc(-c4ccccc4)cc3)cs2)oc2ccccc12. The molecule has 0 aliphatic heterocycles. The Bertz CT molecular complexity index is 1330. The first-order chi connectivity index (χ1) is 14.7. The standard InChI is InChI=1S/C25H18N2O2S/c1-16-20-9-5-6-10-22(20)29-23(16)24(28)27-25-26-21(15-30-25)19-13-11-18(12-14-19)17-7-3-2-4-8-17/h2-15H,1H3,(H,26,27,28). The van der Waals surface area contributed by atoms with Crippen LogP contribution >= 0.6 is 11.3 Å². The highest BCUT2D eigenvalue weighted by Crippen LogP contribution is 2.29. The van der Waals surface area contributed by atoms with Crippen LogP contribution in [0.5, 0.6) is 0 Å². The fourth-order valence-electron chi connectivity index (χ4n) is 3.47.